The molecule has 0 aromatic carbocycles. The molecule has 0 saturated carbocycles. The van der Waals surface area contributed by atoms with Crippen LogP contribution >= 0.6 is 0 Å². The van der Waals surface area contributed by atoms with Crippen LogP contribution in [-0.2, 0) is 9.53 Å². The number of alkyl halides is 2. The Kier molecular flexibility index (Phi) is 3.59. The monoisotopic (exact) mass is 193 g/mol. The van der Waals surface area contributed by atoms with E-state index in [4.69, 9.17) is 4.74 Å². The summed E-state index contributed by atoms with van der Waals surface area (Å²) in [5.41, 5.74) is 0. The molecule has 0 radical (unpaired) electrons. The van der Waals surface area contributed by atoms with Crippen LogP contribution in [0, 0.1) is 0 Å². The molecule has 0 bridgehead atoms. The second kappa shape index (κ2) is 4.50. The van der Waals surface area contributed by atoms with Crippen molar-refractivity contribution in [1.29, 1.82) is 0 Å². The fourth-order valence-corrected chi connectivity index (χ4v) is 1.45. The van der Waals surface area contributed by atoms with Gasteiger partial charge < -0.3 is 10.1 Å². The molecule has 76 valence electrons. The molecule has 5 heteroatoms. The van der Waals surface area contributed by atoms with Gasteiger partial charge in [-0.1, -0.05) is 0 Å². The van der Waals surface area contributed by atoms with Crippen molar-refractivity contribution in [2.24, 2.45) is 0 Å². The van der Waals surface area contributed by atoms with Crippen LogP contribution in [0.15, 0.2) is 0 Å². The molecule has 0 amide bonds. The predicted octanol–water partition coefficient (Wildman–Crippen LogP) is 0.935. The van der Waals surface area contributed by atoms with Gasteiger partial charge in [0.1, 0.15) is 6.10 Å². The number of carbonyl (C=O) groups is 1. The van der Waals surface area contributed by atoms with Gasteiger partial charge in [0, 0.05) is 13.3 Å². The number of halogens is 2. The van der Waals surface area contributed by atoms with Gasteiger partial charge >= 0.3 is 5.97 Å². The first-order valence-corrected chi connectivity index (χ1v) is 4.28. The van der Waals surface area contributed by atoms with Gasteiger partial charge in [0.15, 0.2) is 0 Å². The molecular weight excluding hydrogens is 180 g/mol. The van der Waals surface area contributed by atoms with E-state index >= 15 is 0 Å². The molecule has 0 aromatic rings. The normalized spacial score (nSPS) is 28.9. The van der Waals surface area contributed by atoms with Crippen LogP contribution in [0.2, 0.25) is 0 Å². The number of ether oxygens (including phenoxy) is 1. The van der Waals surface area contributed by atoms with Crippen LogP contribution in [0.4, 0.5) is 8.78 Å². The molecule has 2 unspecified atom stereocenters. The molecule has 2 atom stereocenters. The SMILES string of the molecule is CC(=O)OC1CCNC(C(F)F)C1. The Morgan fingerprint density at radius 1 is 1.62 bits per heavy atom. The zero-order valence-corrected chi connectivity index (χ0v) is 7.43. The van der Waals surface area contributed by atoms with Gasteiger partial charge in [0.25, 0.3) is 6.43 Å². The van der Waals surface area contributed by atoms with Crippen molar-refractivity contribution in [2.75, 3.05) is 6.54 Å². The van der Waals surface area contributed by atoms with Crippen LogP contribution in [-0.4, -0.2) is 31.1 Å². The van der Waals surface area contributed by atoms with E-state index in [0.29, 0.717) is 13.0 Å². The Hall–Kier alpha value is -0.710. The van der Waals surface area contributed by atoms with Gasteiger partial charge in [-0.15, -0.1) is 0 Å². The first-order valence-electron chi connectivity index (χ1n) is 4.28. The van der Waals surface area contributed by atoms with Crippen LogP contribution < -0.4 is 5.32 Å². The highest BCUT2D eigenvalue weighted by molar-refractivity contribution is 5.66. The molecule has 1 N–H and O–H groups in total. The van der Waals surface area contributed by atoms with Gasteiger partial charge in [-0.3, -0.25) is 4.79 Å². The van der Waals surface area contributed by atoms with E-state index in [9.17, 15) is 13.6 Å². The summed E-state index contributed by atoms with van der Waals surface area (Å²) in [4.78, 5) is 10.6. The molecule has 1 aliphatic heterocycles. The summed E-state index contributed by atoms with van der Waals surface area (Å²) in [6.45, 7) is 1.77. The lowest BCUT2D eigenvalue weighted by molar-refractivity contribution is -0.148. The summed E-state index contributed by atoms with van der Waals surface area (Å²) in [6.07, 6.45) is -1.92. The summed E-state index contributed by atoms with van der Waals surface area (Å²) >= 11 is 0. The first kappa shape index (κ1) is 10.4. The zero-order valence-electron chi connectivity index (χ0n) is 7.43. The van der Waals surface area contributed by atoms with Crippen LogP contribution in [0.25, 0.3) is 0 Å². The summed E-state index contributed by atoms with van der Waals surface area (Å²) in [5, 5.41) is 2.68. The molecule has 1 heterocycles. The fraction of sp³-hybridized carbons (Fsp3) is 0.875. The third kappa shape index (κ3) is 3.26. The van der Waals surface area contributed by atoms with Crippen LogP contribution in [0.5, 0.6) is 0 Å². The van der Waals surface area contributed by atoms with Crippen molar-refractivity contribution in [2.45, 2.75) is 38.3 Å². The average molecular weight is 193 g/mol. The van der Waals surface area contributed by atoms with Crippen LogP contribution in [0.3, 0.4) is 0 Å². The van der Waals surface area contributed by atoms with Crippen molar-refractivity contribution < 1.29 is 18.3 Å². The van der Waals surface area contributed by atoms with E-state index in [2.05, 4.69) is 5.32 Å². The van der Waals surface area contributed by atoms with E-state index < -0.39 is 18.4 Å². The number of nitrogens with one attached hydrogen (secondary N) is 1. The maximum absolute atomic E-state index is 12.2. The van der Waals surface area contributed by atoms with E-state index in [-0.39, 0.29) is 12.5 Å². The molecule has 1 aliphatic rings. The van der Waals surface area contributed by atoms with Crippen molar-refractivity contribution in [1.82, 2.24) is 5.32 Å². The number of esters is 1. The first-order chi connectivity index (χ1) is 6.09. The van der Waals surface area contributed by atoms with Gasteiger partial charge in [-0.2, -0.15) is 0 Å². The van der Waals surface area contributed by atoms with Crippen molar-refractivity contribution in [3.63, 3.8) is 0 Å². The Balaban J connectivity index is 2.37. The molecule has 1 saturated heterocycles. The summed E-state index contributed by atoms with van der Waals surface area (Å²) in [7, 11) is 0. The highest BCUT2D eigenvalue weighted by Crippen LogP contribution is 2.17. The lowest BCUT2D eigenvalue weighted by Gasteiger charge is -2.29. The minimum Gasteiger partial charge on any atom is -0.462 e. The molecule has 1 rings (SSSR count). The minimum atomic E-state index is -2.39. The molecule has 13 heavy (non-hydrogen) atoms. The van der Waals surface area contributed by atoms with E-state index in [1.165, 1.54) is 6.92 Å². The largest absolute Gasteiger partial charge is 0.462 e. The summed E-state index contributed by atoms with van der Waals surface area (Å²) in [6, 6.07) is -0.835. The van der Waals surface area contributed by atoms with E-state index in [1.54, 1.807) is 0 Å². The molecule has 0 aliphatic carbocycles. The second-order valence-electron chi connectivity index (χ2n) is 3.15. The number of piperidine rings is 1. The van der Waals surface area contributed by atoms with Crippen molar-refractivity contribution in [3.05, 3.63) is 0 Å². The zero-order chi connectivity index (χ0) is 9.84. The smallest absolute Gasteiger partial charge is 0.302 e. The van der Waals surface area contributed by atoms with Gasteiger partial charge in [-0.25, -0.2) is 8.78 Å². The van der Waals surface area contributed by atoms with Gasteiger partial charge in [0.2, 0.25) is 0 Å². The molecule has 1 fully saturated rings. The van der Waals surface area contributed by atoms with Crippen molar-refractivity contribution >= 4 is 5.97 Å². The van der Waals surface area contributed by atoms with Crippen LogP contribution in [0.1, 0.15) is 19.8 Å². The third-order valence-corrected chi connectivity index (χ3v) is 2.03. The lowest BCUT2D eigenvalue weighted by Crippen LogP contribution is -2.45. The Bertz CT molecular complexity index is 187. The summed E-state index contributed by atoms with van der Waals surface area (Å²) in [5.74, 6) is -0.403. The highest BCUT2D eigenvalue weighted by atomic mass is 19.3. The average Bonchev–Trinajstić information content (AvgIpc) is 2.03. The minimum absolute atomic E-state index is 0.206. The highest BCUT2D eigenvalue weighted by Gasteiger charge is 2.29. The Labute approximate surface area is 75.4 Å². The fourth-order valence-electron chi connectivity index (χ4n) is 1.45. The number of carbonyl (C=O) groups excluding carboxylic acids is 1. The second-order valence-corrected chi connectivity index (χ2v) is 3.15. The molecule has 0 aromatic heterocycles. The van der Waals surface area contributed by atoms with Crippen molar-refractivity contribution in [3.8, 4) is 0 Å². The molecule has 3 nitrogen and oxygen atoms in total. The molecular formula is C8H13F2NO2. The topological polar surface area (TPSA) is 38.3 Å². The standard InChI is InChI=1S/C8H13F2NO2/c1-5(12)13-6-2-3-11-7(4-6)8(9)10/h6-8,11H,2-4H2,1H3. The maximum Gasteiger partial charge on any atom is 0.302 e. The molecule has 0 spiro atoms. The number of rotatable bonds is 2. The number of hydrogen-bond acceptors (Lipinski definition) is 3. The number of hydrogen-bond donors (Lipinski definition) is 1. The predicted molar refractivity (Wildman–Crippen MR) is 42.6 cm³/mol. The van der Waals surface area contributed by atoms with E-state index in [1.807, 2.05) is 0 Å². The van der Waals surface area contributed by atoms with Gasteiger partial charge in [0.05, 0.1) is 6.04 Å². The van der Waals surface area contributed by atoms with E-state index in [0.717, 1.165) is 0 Å². The maximum atomic E-state index is 12.2. The Morgan fingerprint density at radius 3 is 2.85 bits per heavy atom. The Morgan fingerprint density at radius 2 is 2.31 bits per heavy atom. The summed E-state index contributed by atoms with van der Waals surface area (Å²) < 4.78 is 29.3. The van der Waals surface area contributed by atoms with Gasteiger partial charge in [-0.05, 0) is 13.0 Å². The third-order valence-electron chi connectivity index (χ3n) is 2.03. The lowest BCUT2D eigenvalue weighted by atomic mass is 10.0. The quantitative estimate of drug-likeness (QED) is 0.663.